The summed E-state index contributed by atoms with van der Waals surface area (Å²) in [5.74, 6) is -1.64. The minimum atomic E-state index is -0.714. The van der Waals surface area contributed by atoms with Crippen LogP contribution in [0.3, 0.4) is 0 Å². The van der Waals surface area contributed by atoms with E-state index in [1.165, 1.54) is 12.1 Å². The number of benzene rings is 1. The summed E-state index contributed by atoms with van der Waals surface area (Å²) in [5, 5.41) is 2.44. The maximum atomic E-state index is 13.6. The Morgan fingerprint density at radius 2 is 2.23 bits per heavy atom. The molecule has 2 amide bonds. The van der Waals surface area contributed by atoms with E-state index in [1.54, 1.807) is 4.90 Å². The van der Waals surface area contributed by atoms with Crippen molar-refractivity contribution in [3.63, 3.8) is 0 Å². The van der Waals surface area contributed by atoms with E-state index in [1.807, 2.05) is 6.92 Å². The fourth-order valence-corrected chi connectivity index (χ4v) is 2.57. The number of nitrogens with zero attached hydrogens (tertiary/aromatic N) is 1. The number of hydrogen-bond acceptors (Lipinski definition) is 3. The highest BCUT2D eigenvalue weighted by molar-refractivity contribution is 6.33. The van der Waals surface area contributed by atoms with E-state index in [9.17, 15) is 14.0 Å². The molecule has 1 N–H and O–H groups in total. The quantitative estimate of drug-likeness (QED) is 0.921. The average Bonchev–Trinajstić information content (AvgIpc) is 2.69. The molecule has 1 saturated heterocycles. The molecule has 0 bridgehead atoms. The summed E-state index contributed by atoms with van der Waals surface area (Å²) in [7, 11) is 0. The third-order valence-electron chi connectivity index (χ3n) is 3.60. The van der Waals surface area contributed by atoms with Gasteiger partial charge >= 0.3 is 0 Å². The molecule has 2 rings (SSSR count). The Hall–Kier alpha value is -1.66. The first-order valence-corrected chi connectivity index (χ1v) is 7.48. The molecule has 1 atom stereocenters. The second-order valence-electron chi connectivity index (χ2n) is 5.12. The largest absolute Gasteiger partial charge is 0.380 e. The SMILES string of the molecule is CC1CCOCCN1C(=O)CNC(=O)c1c(F)cccc1Cl. The van der Waals surface area contributed by atoms with Gasteiger partial charge in [-0.2, -0.15) is 0 Å². The number of rotatable bonds is 3. The van der Waals surface area contributed by atoms with Crippen LogP contribution < -0.4 is 5.32 Å². The number of halogens is 2. The van der Waals surface area contributed by atoms with Gasteiger partial charge < -0.3 is 15.0 Å². The number of carbonyl (C=O) groups excluding carboxylic acids is 2. The Kier molecular flexibility index (Phi) is 5.74. The topological polar surface area (TPSA) is 58.6 Å². The molecule has 0 aromatic heterocycles. The Morgan fingerprint density at radius 3 is 2.95 bits per heavy atom. The number of hydrogen-bond donors (Lipinski definition) is 1. The first-order chi connectivity index (χ1) is 10.5. The maximum absolute atomic E-state index is 13.6. The molecule has 120 valence electrons. The van der Waals surface area contributed by atoms with Gasteiger partial charge in [-0.25, -0.2) is 4.39 Å². The van der Waals surface area contributed by atoms with Gasteiger partial charge in [-0.05, 0) is 25.5 Å². The number of amides is 2. The standard InChI is InChI=1S/C15H18ClFN2O3/c1-10-5-7-22-8-6-19(10)13(20)9-18-15(21)14-11(16)3-2-4-12(14)17/h2-4,10H,5-9H2,1H3,(H,18,21). The van der Waals surface area contributed by atoms with Gasteiger partial charge in [-0.1, -0.05) is 17.7 Å². The van der Waals surface area contributed by atoms with Gasteiger partial charge in [-0.3, -0.25) is 9.59 Å². The van der Waals surface area contributed by atoms with Crippen molar-refractivity contribution in [3.8, 4) is 0 Å². The van der Waals surface area contributed by atoms with E-state index in [4.69, 9.17) is 16.3 Å². The van der Waals surface area contributed by atoms with Crippen LogP contribution >= 0.6 is 11.6 Å². The van der Waals surface area contributed by atoms with Crippen LogP contribution in [-0.2, 0) is 9.53 Å². The second-order valence-corrected chi connectivity index (χ2v) is 5.52. The highest BCUT2D eigenvalue weighted by Gasteiger charge is 2.23. The molecule has 1 aliphatic rings. The molecular formula is C15H18ClFN2O3. The molecule has 1 aromatic rings. The molecule has 0 aliphatic carbocycles. The third-order valence-corrected chi connectivity index (χ3v) is 3.91. The average molecular weight is 329 g/mol. The zero-order chi connectivity index (χ0) is 16.1. The normalized spacial score (nSPS) is 18.7. The summed E-state index contributed by atoms with van der Waals surface area (Å²) in [6.07, 6.45) is 0.749. The Bertz CT molecular complexity index is 547. The maximum Gasteiger partial charge on any atom is 0.256 e. The number of carbonyl (C=O) groups is 2. The molecule has 1 unspecified atom stereocenters. The number of ether oxygens (including phenoxy) is 1. The van der Waals surface area contributed by atoms with Crippen molar-refractivity contribution in [2.45, 2.75) is 19.4 Å². The fourth-order valence-electron chi connectivity index (χ4n) is 2.33. The van der Waals surface area contributed by atoms with Crippen molar-refractivity contribution >= 4 is 23.4 Å². The molecule has 0 radical (unpaired) electrons. The monoisotopic (exact) mass is 328 g/mol. The van der Waals surface area contributed by atoms with Crippen LogP contribution in [0.4, 0.5) is 4.39 Å². The fraction of sp³-hybridized carbons (Fsp3) is 0.467. The van der Waals surface area contributed by atoms with Gasteiger partial charge in [0.25, 0.3) is 5.91 Å². The molecule has 1 fully saturated rings. The van der Waals surface area contributed by atoms with Gasteiger partial charge in [0.2, 0.25) is 5.91 Å². The Labute approximate surface area is 133 Å². The first kappa shape index (κ1) is 16.7. The lowest BCUT2D eigenvalue weighted by Crippen LogP contribution is -2.45. The summed E-state index contributed by atoms with van der Waals surface area (Å²) in [6.45, 7) is 3.30. The molecular weight excluding hydrogens is 311 g/mol. The highest BCUT2D eigenvalue weighted by atomic mass is 35.5. The predicted molar refractivity (Wildman–Crippen MR) is 80.4 cm³/mol. The van der Waals surface area contributed by atoms with Crippen molar-refractivity contribution in [2.75, 3.05) is 26.3 Å². The zero-order valence-electron chi connectivity index (χ0n) is 12.3. The van der Waals surface area contributed by atoms with E-state index in [0.717, 1.165) is 12.5 Å². The Balaban J connectivity index is 1.97. The minimum Gasteiger partial charge on any atom is -0.380 e. The molecule has 0 saturated carbocycles. The third kappa shape index (κ3) is 3.96. The molecule has 1 heterocycles. The van der Waals surface area contributed by atoms with Crippen LogP contribution in [0.25, 0.3) is 0 Å². The van der Waals surface area contributed by atoms with Crippen molar-refractivity contribution in [2.24, 2.45) is 0 Å². The zero-order valence-corrected chi connectivity index (χ0v) is 13.0. The molecule has 5 nitrogen and oxygen atoms in total. The molecule has 1 aromatic carbocycles. The predicted octanol–water partition coefficient (Wildman–Crippen LogP) is 1.85. The van der Waals surface area contributed by atoms with E-state index in [0.29, 0.717) is 19.8 Å². The lowest BCUT2D eigenvalue weighted by Gasteiger charge is -2.26. The summed E-state index contributed by atoms with van der Waals surface area (Å²) >= 11 is 5.82. The smallest absolute Gasteiger partial charge is 0.256 e. The summed E-state index contributed by atoms with van der Waals surface area (Å²) in [4.78, 5) is 25.9. The Morgan fingerprint density at radius 1 is 1.45 bits per heavy atom. The molecule has 7 heteroatoms. The van der Waals surface area contributed by atoms with Crippen molar-refractivity contribution in [3.05, 3.63) is 34.6 Å². The van der Waals surface area contributed by atoms with Crippen LogP contribution in [0, 0.1) is 5.82 Å². The van der Waals surface area contributed by atoms with E-state index in [2.05, 4.69) is 5.32 Å². The number of nitrogens with one attached hydrogen (secondary N) is 1. The van der Waals surface area contributed by atoms with Crippen molar-refractivity contribution in [1.82, 2.24) is 10.2 Å². The summed E-state index contributed by atoms with van der Waals surface area (Å²) < 4.78 is 19.0. The van der Waals surface area contributed by atoms with Gasteiger partial charge in [0.15, 0.2) is 0 Å². The lowest BCUT2D eigenvalue weighted by atomic mass is 10.2. The van der Waals surface area contributed by atoms with Crippen LogP contribution in [0.15, 0.2) is 18.2 Å². The van der Waals surface area contributed by atoms with Crippen molar-refractivity contribution in [1.29, 1.82) is 0 Å². The summed E-state index contributed by atoms with van der Waals surface area (Å²) in [6, 6.07) is 4.04. The van der Waals surface area contributed by atoms with E-state index >= 15 is 0 Å². The highest BCUT2D eigenvalue weighted by Crippen LogP contribution is 2.18. The van der Waals surface area contributed by atoms with Gasteiger partial charge in [0.05, 0.1) is 23.7 Å². The summed E-state index contributed by atoms with van der Waals surface area (Å²) in [5.41, 5.74) is -0.246. The van der Waals surface area contributed by atoms with Gasteiger partial charge in [0.1, 0.15) is 5.82 Å². The van der Waals surface area contributed by atoms with Crippen LogP contribution in [0.2, 0.25) is 5.02 Å². The van der Waals surface area contributed by atoms with Crippen LogP contribution in [0.5, 0.6) is 0 Å². The molecule has 0 spiro atoms. The second kappa shape index (κ2) is 7.56. The van der Waals surface area contributed by atoms with Gasteiger partial charge in [0, 0.05) is 19.2 Å². The molecule has 22 heavy (non-hydrogen) atoms. The molecule has 1 aliphatic heterocycles. The van der Waals surface area contributed by atoms with Gasteiger partial charge in [-0.15, -0.1) is 0 Å². The van der Waals surface area contributed by atoms with Crippen LogP contribution in [0.1, 0.15) is 23.7 Å². The minimum absolute atomic E-state index is 0.0153. The first-order valence-electron chi connectivity index (χ1n) is 7.10. The van der Waals surface area contributed by atoms with Crippen molar-refractivity contribution < 1.29 is 18.7 Å². The van der Waals surface area contributed by atoms with Crippen LogP contribution in [-0.4, -0.2) is 49.1 Å². The van der Waals surface area contributed by atoms with E-state index in [-0.39, 0.29) is 29.1 Å². The van der Waals surface area contributed by atoms with E-state index < -0.39 is 11.7 Å². The lowest BCUT2D eigenvalue weighted by molar-refractivity contribution is -0.132.